The molecule has 4 N–H and O–H groups in total. The highest BCUT2D eigenvalue weighted by atomic mass is 35.5. The predicted octanol–water partition coefficient (Wildman–Crippen LogP) is 5.28. The molecule has 9 heteroatoms. The maximum atomic E-state index is 13.5. The third-order valence-corrected chi connectivity index (χ3v) is 5.70. The lowest BCUT2D eigenvalue weighted by Gasteiger charge is -2.21. The lowest BCUT2D eigenvalue weighted by molar-refractivity contribution is -0.150. The minimum absolute atomic E-state index is 0.0476. The van der Waals surface area contributed by atoms with E-state index in [1.807, 2.05) is 0 Å². The zero-order valence-corrected chi connectivity index (χ0v) is 16.9. The second kappa shape index (κ2) is 10.2. The molecule has 2 aromatic rings. The third-order valence-electron chi connectivity index (χ3n) is 4.42. The van der Waals surface area contributed by atoms with Crippen LogP contribution in [0, 0.1) is 0 Å². The molecule has 0 aliphatic heterocycles. The van der Waals surface area contributed by atoms with Crippen molar-refractivity contribution >= 4 is 29.3 Å². The fraction of sp³-hybridized carbons (Fsp3) is 0.350. The highest BCUT2D eigenvalue weighted by molar-refractivity contribution is 7.99. The van der Waals surface area contributed by atoms with E-state index < -0.39 is 24.1 Å². The number of hydrogen-bond donors (Lipinski definition) is 3. The molecular weight excluding hydrogens is 427 g/mol. The Morgan fingerprint density at radius 2 is 1.72 bits per heavy atom. The molecule has 0 aromatic heterocycles. The van der Waals surface area contributed by atoms with Gasteiger partial charge in [0.15, 0.2) is 0 Å². The molecule has 0 bridgehead atoms. The number of aromatic hydroxyl groups is 1. The van der Waals surface area contributed by atoms with E-state index in [0.29, 0.717) is 21.9 Å². The zero-order valence-electron chi connectivity index (χ0n) is 15.3. The minimum atomic E-state index is -4.40. The van der Waals surface area contributed by atoms with Gasteiger partial charge in [0.05, 0.1) is 5.92 Å². The van der Waals surface area contributed by atoms with Gasteiger partial charge in [0.25, 0.3) is 0 Å². The maximum absolute atomic E-state index is 13.5. The van der Waals surface area contributed by atoms with Gasteiger partial charge < -0.3 is 15.9 Å². The fourth-order valence-corrected chi connectivity index (χ4v) is 3.99. The number of halogens is 4. The van der Waals surface area contributed by atoms with Crippen molar-refractivity contribution in [2.75, 3.05) is 11.5 Å². The van der Waals surface area contributed by atoms with Crippen LogP contribution >= 0.6 is 23.4 Å². The van der Waals surface area contributed by atoms with E-state index in [4.69, 9.17) is 22.4 Å². The number of nitrogens with two attached hydrogens (primary N) is 1. The van der Waals surface area contributed by atoms with Crippen molar-refractivity contribution in [2.24, 2.45) is 5.73 Å². The van der Waals surface area contributed by atoms with E-state index in [1.54, 1.807) is 12.1 Å². The highest BCUT2D eigenvalue weighted by Crippen LogP contribution is 2.39. The Balaban J connectivity index is 2.04. The highest BCUT2D eigenvalue weighted by Gasteiger charge is 2.40. The molecule has 0 saturated heterocycles. The minimum Gasteiger partial charge on any atom is -0.507 e. The summed E-state index contributed by atoms with van der Waals surface area (Å²) in [6.45, 7) is 0. The number of carboxylic acids is 1. The first kappa shape index (κ1) is 23.4. The van der Waals surface area contributed by atoms with Crippen LogP contribution in [0.3, 0.4) is 0 Å². The quantitative estimate of drug-likeness (QED) is 0.455. The summed E-state index contributed by atoms with van der Waals surface area (Å²) in [5.41, 5.74) is 6.58. The summed E-state index contributed by atoms with van der Waals surface area (Å²) in [4.78, 5) is 10.7. The molecule has 0 saturated carbocycles. The van der Waals surface area contributed by atoms with Crippen molar-refractivity contribution in [1.82, 2.24) is 0 Å². The first-order valence-electron chi connectivity index (χ1n) is 8.81. The number of alkyl halides is 3. The van der Waals surface area contributed by atoms with Gasteiger partial charge in [0.2, 0.25) is 0 Å². The molecule has 2 atom stereocenters. The second-order valence-corrected chi connectivity index (χ2v) is 8.17. The van der Waals surface area contributed by atoms with Crippen molar-refractivity contribution in [2.45, 2.75) is 31.0 Å². The number of phenolic OH excluding ortho intramolecular Hbond substituents is 1. The van der Waals surface area contributed by atoms with Crippen LogP contribution in [0.5, 0.6) is 5.75 Å². The number of carbonyl (C=O) groups is 1. The Hall–Kier alpha value is -1.90. The molecule has 4 nitrogen and oxygen atoms in total. The average Bonchev–Trinajstić information content (AvgIpc) is 2.63. The smallest absolute Gasteiger partial charge is 0.395 e. The SMILES string of the molecule is NC(CCSCCC(c1ccc(-c2ccc(Cl)cc2O)cc1)C(F)(F)F)C(=O)O. The molecule has 0 radical (unpaired) electrons. The number of phenols is 1. The Bertz CT molecular complexity index is 831. The summed E-state index contributed by atoms with van der Waals surface area (Å²) in [6.07, 6.45) is -4.32. The Labute approximate surface area is 175 Å². The molecule has 2 unspecified atom stereocenters. The van der Waals surface area contributed by atoms with Gasteiger partial charge in [0.1, 0.15) is 11.8 Å². The van der Waals surface area contributed by atoms with Crippen LogP contribution in [0.1, 0.15) is 24.3 Å². The first-order chi connectivity index (χ1) is 13.6. The molecule has 0 fully saturated rings. The number of rotatable bonds is 9. The molecule has 0 aliphatic carbocycles. The van der Waals surface area contributed by atoms with E-state index in [-0.39, 0.29) is 29.9 Å². The van der Waals surface area contributed by atoms with Crippen molar-refractivity contribution in [3.63, 3.8) is 0 Å². The zero-order chi connectivity index (χ0) is 21.6. The van der Waals surface area contributed by atoms with Crippen LogP contribution in [-0.4, -0.2) is 39.9 Å². The number of hydrogen-bond acceptors (Lipinski definition) is 4. The van der Waals surface area contributed by atoms with Crippen LogP contribution in [0.25, 0.3) is 11.1 Å². The molecule has 0 aliphatic rings. The Morgan fingerprint density at radius 1 is 1.10 bits per heavy atom. The van der Waals surface area contributed by atoms with Crippen molar-refractivity contribution < 1.29 is 28.2 Å². The van der Waals surface area contributed by atoms with Gasteiger partial charge >= 0.3 is 12.1 Å². The van der Waals surface area contributed by atoms with Gasteiger partial charge in [0, 0.05) is 10.6 Å². The molecule has 0 spiro atoms. The van der Waals surface area contributed by atoms with Crippen LogP contribution in [-0.2, 0) is 4.79 Å². The van der Waals surface area contributed by atoms with Crippen LogP contribution in [0.2, 0.25) is 5.02 Å². The fourth-order valence-electron chi connectivity index (χ4n) is 2.80. The summed E-state index contributed by atoms with van der Waals surface area (Å²) in [7, 11) is 0. The maximum Gasteiger partial charge on any atom is 0.395 e. The largest absolute Gasteiger partial charge is 0.507 e. The predicted molar refractivity (Wildman–Crippen MR) is 110 cm³/mol. The third kappa shape index (κ3) is 6.83. The summed E-state index contributed by atoms with van der Waals surface area (Å²) >= 11 is 7.05. The topological polar surface area (TPSA) is 83.5 Å². The van der Waals surface area contributed by atoms with Gasteiger partial charge in [-0.15, -0.1) is 0 Å². The Kier molecular flexibility index (Phi) is 8.24. The van der Waals surface area contributed by atoms with E-state index in [2.05, 4.69) is 0 Å². The van der Waals surface area contributed by atoms with Crippen LogP contribution in [0.15, 0.2) is 42.5 Å². The van der Waals surface area contributed by atoms with Gasteiger partial charge in [-0.2, -0.15) is 24.9 Å². The second-order valence-electron chi connectivity index (χ2n) is 6.51. The first-order valence-corrected chi connectivity index (χ1v) is 10.3. The van der Waals surface area contributed by atoms with Crippen molar-refractivity contribution in [3.05, 3.63) is 53.1 Å². The van der Waals surface area contributed by atoms with Crippen molar-refractivity contribution in [1.29, 1.82) is 0 Å². The lowest BCUT2D eigenvalue weighted by Crippen LogP contribution is -2.30. The normalized spacial score (nSPS) is 13.8. The molecule has 158 valence electrons. The molecule has 29 heavy (non-hydrogen) atoms. The number of aliphatic carboxylic acids is 1. The van der Waals surface area contributed by atoms with Crippen LogP contribution < -0.4 is 5.73 Å². The van der Waals surface area contributed by atoms with Crippen LogP contribution in [0.4, 0.5) is 13.2 Å². The molecular formula is C20H21ClF3NO3S. The number of thioether (sulfide) groups is 1. The summed E-state index contributed by atoms with van der Waals surface area (Å²) < 4.78 is 40.6. The number of benzene rings is 2. The standard InChI is InChI=1S/C20H21ClF3NO3S/c21-14-5-6-15(18(26)11-14)12-1-3-13(4-2-12)16(20(22,23)24)7-9-29-10-8-17(25)19(27)28/h1-6,11,16-17,26H,7-10,25H2,(H,27,28). The van der Waals surface area contributed by atoms with Gasteiger partial charge in [-0.25, -0.2) is 0 Å². The average molecular weight is 448 g/mol. The van der Waals surface area contributed by atoms with Gasteiger partial charge in [-0.3, -0.25) is 4.79 Å². The summed E-state index contributed by atoms with van der Waals surface area (Å²) in [6, 6.07) is 9.46. The van der Waals surface area contributed by atoms with Gasteiger partial charge in [-0.1, -0.05) is 35.9 Å². The van der Waals surface area contributed by atoms with E-state index >= 15 is 0 Å². The summed E-state index contributed by atoms with van der Waals surface area (Å²) in [5.74, 6) is -2.18. The monoisotopic (exact) mass is 447 g/mol. The summed E-state index contributed by atoms with van der Waals surface area (Å²) in [5, 5.41) is 19.1. The lowest BCUT2D eigenvalue weighted by atomic mass is 9.93. The molecule has 0 amide bonds. The van der Waals surface area contributed by atoms with E-state index in [9.17, 15) is 23.1 Å². The van der Waals surface area contributed by atoms with Gasteiger partial charge in [-0.05, 0) is 53.7 Å². The Morgan fingerprint density at radius 3 is 2.28 bits per heavy atom. The van der Waals surface area contributed by atoms with Crippen molar-refractivity contribution in [3.8, 4) is 16.9 Å². The van der Waals surface area contributed by atoms with E-state index in [1.165, 1.54) is 42.1 Å². The molecule has 0 heterocycles. The molecule has 2 aromatic carbocycles. The van der Waals surface area contributed by atoms with E-state index in [0.717, 1.165) is 0 Å². The number of carboxylic acid groups (broad SMARTS) is 1. The molecule has 2 rings (SSSR count).